The van der Waals surface area contributed by atoms with Crippen molar-refractivity contribution in [1.82, 2.24) is 5.32 Å². The predicted octanol–water partition coefficient (Wildman–Crippen LogP) is 2.77. The molecule has 1 heterocycles. The predicted molar refractivity (Wildman–Crippen MR) is 68.1 cm³/mol. The average molecular weight is 242 g/mol. The number of carbonyl (C=O) groups excluding carboxylic acids is 1. The first kappa shape index (κ1) is 12.2. The zero-order valence-electron chi connectivity index (χ0n) is 10.2. The maximum Gasteiger partial charge on any atom is 0.287 e. The number of unbranched alkanes of at least 4 members (excludes halogenated alkanes) is 1. The third-order valence-electron chi connectivity index (χ3n) is 2.65. The minimum Gasteiger partial charge on any atom is -0.451 e. The number of carbonyl (C=O) groups is 1. The number of rotatable bonds is 4. The molecule has 1 aromatic heterocycles. The lowest BCUT2D eigenvalue weighted by molar-refractivity contribution is 0.0928. The van der Waals surface area contributed by atoms with Crippen LogP contribution in [0.4, 0.5) is 0 Å². The maximum absolute atomic E-state index is 11.8. The molecular weight excluding hydrogens is 228 g/mol. The van der Waals surface area contributed by atoms with E-state index in [1.165, 1.54) is 0 Å². The van der Waals surface area contributed by atoms with E-state index in [1.54, 1.807) is 6.07 Å². The van der Waals surface area contributed by atoms with Crippen molar-refractivity contribution in [2.75, 3.05) is 6.54 Å². The molecule has 0 unspecified atom stereocenters. The van der Waals surface area contributed by atoms with Gasteiger partial charge in [0.05, 0.1) is 6.07 Å². The summed E-state index contributed by atoms with van der Waals surface area (Å²) in [4.78, 5) is 11.8. The van der Waals surface area contributed by atoms with Crippen LogP contribution in [0.3, 0.4) is 0 Å². The van der Waals surface area contributed by atoms with Gasteiger partial charge in [-0.1, -0.05) is 11.6 Å². The van der Waals surface area contributed by atoms with E-state index in [0.29, 0.717) is 30.7 Å². The SMILES string of the molecule is Cc1ccc2oc(C(=O)NCCCC#N)cc2c1. The molecule has 1 aromatic carbocycles. The van der Waals surface area contributed by atoms with E-state index >= 15 is 0 Å². The molecule has 92 valence electrons. The van der Waals surface area contributed by atoms with Gasteiger partial charge in [-0.25, -0.2) is 0 Å². The molecular formula is C14H14N2O2. The van der Waals surface area contributed by atoms with Gasteiger partial charge in [-0.15, -0.1) is 0 Å². The molecule has 1 amide bonds. The van der Waals surface area contributed by atoms with Crippen LogP contribution in [0.1, 0.15) is 29.0 Å². The van der Waals surface area contributed by atoms with Gasteiger partial charge < -0.3 is 9.73 Å². The maximum atomic E-state index is 11.8. The molecule has 0 spiro atoms. The molecule has 0 saturated carbocycles. The van der Waals surface area contributed by atoms with E-state index in [4.69, 9.17) is 9.68 Å². The van der Waals surface area contributed by atoms with Crippen LogP contribution in [-0.2, 0) is 0 Å². The van der Waals surface area contributed by atoms with Crippen molar-refractivity contribution in [1.29, 1.82) is 5.26 Å². The lowest BCUT2D eigenvalue weighted by Gasteiger charge is -1.99. The lowest BCUT2D eigenvalue weighted by atomic mass is 10.2. The molecule has 2 aromatic rings. The fourth-order valence-electron chi connectivity index (χ4n) is 1.73. The highest BCUT2D eigenvalue weighted by Gasteiger charge is 2.11. The first-order chi connectivity index (χ1) is 8.70. The molecule has 0 aliphatic carbocycles. The average Bonchev–Trinajstić information content (AvgIpc) is 2.77. The van der Waals surface area contributed by atoms with Crippen LogP contribution >= 0.6 is 0 Å². The monoisotopic (exact) mass is 242 g/mol. The Balaban J connectivity index is 2.07. The van der Waals surface area contributed by atoms with E-state index in [1.807, 2.05) is 31.2 Å². The molecule has 2 rings (SSSR count). The van der Waals surface area contributed by atoms with Crippen molar-refractivity contribution in [2.45, 2.75) is 19.8 Å². The molecule has 4 heteroatoms. The molecule has 4 nitrogen and oxygen atoms in total. The van der Waals surface area contributed by atoms with Crippen LogP contribution in [0.2, 0.25) is 0 Å². The molecule has 0 atom stereocenters. The minimum atomic E-state index is -0.234. The Morgan fingerprint density at radius 1 is 1.44 bits per heavy atom. The number of nitriles is 1. The number of nitrogens with one attached hydrogen (secondary N) is 1. The third-order valence-corrected chi connectivity index (χ3v) is 2.65. The van der Waals surface area contributed by atoms with Crippen LogP contribution in [0.5, 0.6) is 0 Å². The molecule has 18 heavy (non-hydrogen) atoms. The fraction of sp³-hybridized carbons (Fsp3) is 0.286. The van der Waals surface area contributed by atoms with Gasteiger partial charge in [0.25, 0.3) is 5.91 Å². The summed E-state index contributed by atoms with van der Waals surface area (Å²) in [5.41, 5.74) is 1.84. The van der Waals surface area contributed by atoms with Crippen molar-refractivity contribution in [3.05, 3.63) is 35.6 Å². The standard InChI is InChI=1S/C14H14N2O2/c1-10-4-5-12-11(8-10)9-13(18-12)14(17)16-7-3-2-6-15/h4-5,8-9H,2-3,7H2,1H3,(H,16,17). The Kier molecular flexibility index (Phi) is 3.63. The molecule has 0 aliphatic rings. The molecule has 0 saturated heterocycles. The molecule has 0 fully saturated rings. The van der Waals surface area contributed by atoms with Gasteiger partial charge in [0, 0.05) is 18.4 Å². The Morgan fingerprint density at radius 2 is 2.28 bits per heavy atom. The summed E-state index contributed by atoms with van der Waals surface area (Å²) in [5, 5.41) is 12.0. The number of aryl methyl sites for hydroxylation is 1. The molecule has 0 radical (unpaired) electrons. The Hall–Kier alpha value is -2.28. The Bertz CT molecular complexity index is 608. The van der Waals surface area contributed by atoms with E-state index in [2.05, 4.69) is 5.32 Å². The number of hydrogen-bond acceptors (Lipinski definition) is 3. The first-order valence-corrected chi connectivity index (χ1v) is 5.86. The van der Waals surface area contributed by atoms with Crippen LogP contribution < -0.4 is 5.32 Å². The second kappa shape index (κ2) is 5.37. The van der Waals surface area contributed by atoms with Gasteiger partial charge >= 0.3 is 0 Å². The largest absolute Gasteiger partial charge is 0.451 e. The first-order valence-electron chi connectivity index (χ1n) is 5.86. The molecule has 0 aliphatic heterocycles. The number of nitrogens with zero attached hydrogens (tertiary/aromatic N) is 1. The second-order valence-electron chi connectivity index (χ2n) is 4.17. The number of amides is 1. The fourth-order valence-corrected chi connectivity index (χ4v) is 1.73. The van der Waals surface area contributed by atoms with Gasteiger partial charge in [0.2, 0.25) is 0 Å². The second-order valence-corrected chi connectivity index (χ2v) is 4.17. The third kappa shape index (κ3) is 2.69. The van der Waals surface area contributed by atoms with E-state index in [0.717, 1.165) is 10.9 Å². The topological polar surface area (TPSA) is 66.0 Å². The molecule has 0 bridgehead atoms. The zero-order chi connectivity index (χ0) is 13.0. The summed E-state index contributed by atoms with van der Waals surface area (Å²) >= 11 is 0. The van der Waals surface area contributed by atoms with Crippen molar-refractivity contribution < 1.29 is 9.21 Å². The Labute approximate surface area is 105 Å². The smallest absolute Gasteiger partial charge is 0.287 e. The van der Waals surface area contributed by atoms with Gasteiger partial charge in [0.15, 0.2) is 5.76 Å². The van der Waals surface area contributed by atoms with Crippen molar-refractivity contribution in [3.8, 4) is 6.07 Å². The highest BCUT2D eigenvalue weighted by atomic mass is 16.3. The van der Waals surface area contributed by atoms with Crippen molar-refractivity contribution in [3.63, 3.8) is 0 Å². The van der Waals surface area contributed by atoms with Crippen molar-refractivity contribution in [2.24, 2.45) is 0 Å². The highest BCUT2D eigenvalue weighted by molar-refractivity contribution is 5.96. The number of furan rings is 1. The molecule has 1 N–H and O–H groups in total. The Morgan fingerprint density at radius 3 is 3.06 bits per heavy atom. The summed E-state index contributed by atoms with van der Waals surface area (Å²) in [6.07, 6.45) is 1.10. The summed E-state index contributed by atoms with van der Waals surface area (Å²) in [6.45, 7) is 2.48. The minimum absolute atomic E-state index is 0.234. The lowest BCUT2D eigenvalue weighted by Crippen LogP contribution is -2.23. The zero-order valence-corrected chi connectivity index (χ0v) is 10.2. The van der Waals surface area contributed by atoms with E-state index in [9.17, 15) is 4.79 Å². The number of hydrogen-bond donors (Lipinski definition) is 1. The van der Waals surface area contributed by atoms with Gasteiger partial charge in [-0.2, -0.15) is 5.26 Å². The van der Waals surface area contributed by atoms with Crippen LogP contribution in [0, 0.1) is 18.3 Å². The van der Waals surface area contributed by atoms with Crippen LogP contribution in [0.15, 0.2) is 28.7 Å². The summed E-state index contributed by atoms with van der Waals surface area (Å²) in [5.74, 6) is 0.0781. The van der Waals surface area contributed by atoms with Crippen LogP contribution in [0.25, 0.3) is 11.0 Å². The van der Waals surface area contributed by atoms with Gasteiger partial charge in [-0.05, 0) is 31.5 Å². The van der Waals surface area contributed by atoms with E-state index < -0.39 is 0 Å². The number of benzene rings is 1. The summed E-state index contributed by atoms with van der Waals surface area (Å²) < 4.78 is 5.46. The summed E-state index contributed by atoms with van der Waals surface area (Å²) in [6, 6.07) is 9.55. The number of fused-ring (bicyclic) bond motifs is 1. The van der Waals surface area contributed by atoms with Gasteiger partial charge in [-0.3, -0.25) is 4.79 Å². The normalized spacial score (nSPS) is 10.2. The van der Waals surface area contributed by atoms with Crippen LogP contribution in [-0.4, -0.2) is 12.5 Å². The van der Waals surface area contributed by atoms with E-state index in [-0.39, 0.29) is 5.91 Å². The quantitative estimate of drug-likeness (QED) is 0.838. The highest BCUT2D eigenvalue weighted by Crippen LogP contribution is 2.20. The summed E-state index contributed by atoms with van der Waals surface area (Å²) in [7, 11) is 0. The van der Waals surface area contributed by atoms with Gasteiger partial charge in [0.1, 0.15) is 5.58 Å². The van der Waals surface area contributed by atoms with Crippen molar-refractivity contribution >= 4 is 16.9 Å².